The van der Waals surface area contributed by atoms with Gasteiger partial charge in [-0.3, -0.25) is 9.59 Å². The molecule has 0 spiro atoms. The molecule has 0 aromatic rings. The minimum Gasteiger partial charge on any atom is -0.495 e. The van der Waals surface area contributed by atoms with Crippen molar-refractivity contribution < 1.29 is 23.8 Å². The first-order valence-corrected chi connectivity index (χ1v) is 10.5. The highest BCUT2D eigenvalue weighted by molar-refractivity contribution is 5.66. The van der Waals surface area contributed by atoms with E-state index in [1.54, 1.807) is 0 Å². The minimum absolute atomic E-state index is 0.0204. The summed E-state index contributed by atoms with van der Waals surface area (Å²) in [5.74, 6) is 1.34. The monoisotopic (exact) mass is 378 g/mol. The Morgan fingerprint density at radius 2 is 1.96 bits per heavy atom. The van der Waals surface area contributed by atoms with E-state index < -0.39 is 0 Å². The minimum atomic E-state index is -0.208. The number of esters is 2. The summed E-state index contributed by atoms with van der Waals surface area (Å²) in [6.07, 6.45) is 9.44. The molecule has 27 heavy (non-hydrogen) atoms. The van der Waals surface area contributed by atoms with Gasteiger partial charge in [0.2, 0.25) is 0 Å². The Kier molecular flexibility index (Phi) is 6.17. The number of allylic oxidation sites excluding steroid dienone is 2. The summed E-state index contributed by atoms with van der Waals surface area (Å²) in [7, 11) is 0. The molecule has 5 unspecified atom stereocenters. The van der Waals surface area contributed by atoms with E-state index in [4.69, 9.17) is 14.2 Å². The molecule has 1 fully saturated rings. The molecule has 0 aromatic heterocycles. The number of carbonyl (C=O) groups excluding carboxylic acids is 2. The molecule has 0 amide bonds. The molecule has 1 heterocycles. The molecule has 3 rings (SSSR count). The molecule has 0 aromatic carbocycles. The summed E-state index contributed by atoms with van der Waals surface area (Å²) in [6.45, 7) is 7.22. The van der Waals surface area contributed by atoms with Crippen molar-refractivity contribution in [3.63, 3.8) is 0 Å². The van der Waals surface area contributed by atoms with Gasteiger partial charge in [0, 0.05) is 25.7 Å². The van der Waals surface area contributed by atoms with Crippen LogP contribution in [0.1, 0.15) is 85.5 Å². The van der Waals surface area contributed by atoms with E-state index in [1.807, 2.05) is 6.92 Å². The molecule has 0 N–H and O–H groups in total. The zero-order valence-electron chi connectivity index (χ0n) is 17.2. The molecular weight excluding hydrogens is 344 g/mol. The lowest BCUT2D eigenvalue weighted by atomic mass is 9.66. The molecule has 0 bridgehead atoms. The summed E-state index contributed by atoms with van der Waals surface area (Å²) >= 11 is 0. The Hall–Kier alpha value is -1.52. The van der Waals surface area contributed by atoms with Gasteiger partial charge >= 0.3 is 11.9 Å². The van der Waals surface area contributed by atoms with Crippen LogP contribution in [-0.2, 0) is 23.8 Å². The lowest BCUT2D eigenvalue weighted by molar-refractivity contribution is -0.152. The first-order valence-electron chi connectivity index (χ1n) is 10.5. The third kappa shape index (κ3) is 4.49. The van der Waals surface area contributed by atoms with Crippen molar-refractivity contribution in [2.75, 3.05) is 0 Å². The van der Waals surface area contributed by atoms with Crippen molar-refractivity contribution >= 4 is 11.9 Å². The smallest absolute Gasteiger partial charge is 0.302 e. The molecule has 1 aliphatic heterocycles. The Morgan fingerprint density at radius 1 is 1.19 bits per heavy atom. The predicted octanol–water partition coefficient (Wildman–Crippen LogP) is 4.68. The van der Waals surface area contributed by atoms with Gasteiger partial charge in [0.05, 0.1) is 18.0 Å². The van der Waals surface area contributed by atoms with Gasteiger partial charge in [-0.1, -0.05) is 6.92 Å². The summed E-state index contributed by atoms with van der Waals surface area (Å²) in [6, 6.07) is 0. The molecule has 5 nitrogen and oxygen atoms in total. The lowest BCUT2D eigenvalue weighted by Gasteiger charge is -2.44. The Balaban J connectivity index is 1.55. The Labute approximate surface area is 162 Å². The quantitative estimate of drug-likeness (QED) is 0.628. The van der Waals surface area contributed by atoms with Crippen LogP contribution in [0.25, 0.3) is 0 Å². The van der Waals surface area contributed by atoms with Crippen molar-refractivity contribution in [1.82, 2.24) is 0 Å². The van der Waals surface area contributed by atoms with Crippen LogP contribution in [0.4, 0.5) is 0 Å². The van der Waals surface area contributed by atoms with E-state index in [1.165, 1.54) is 25.2 Å². The summed E-state index contributed by atoms with van der Waals surface area (Å²) in [4.78, 5) is 22.5. The number of carbonyl (C=O) groups is 2. The van der Waals surface area contributed by atoms with E-state index in [9.17, 15) is 9.59 Å². The predicted molar refractivity (Wildman–Crippen MR) is 102 cm³/mol. The maximum absolute atomic E-state index is 11.5. The van der Waals surface area contributed by atoms with Crippen LogP contribution in [0.15, 0.2) is 11.3 Å². The molecule has 5 heteroatoms. The van der Waals surface area contributed by atoms with Crippen molar-refractivity contribution in [3.8, 4) is 0 Å². The highest BCUT2D eigenvalue weighted by Gasteiger charge is 2.53. The van der Waals surface area contributed by atoms with Crippen LogP contribution in [0, 0.1) is 11.3 Å². The first kappa shape index (κ1) is 20.2. The second kappa shape index (κ2) is 8.24. The average molecular weight is 379 g/mol. The van der Waals surface area contributed by atoms with Crippen molar-refractivity contribution in [2.24, 2.45) is 11.3 Å². The van der Waals surface area contributed by atoms with Crippen molar-refractivity contribution in [3.05, 3.63) is 11.3 Å². The number of fused-ring (bicyclic) bond motifs is 2. The van der Waals surface area contributed by atoms with E-state index in [-0.39, 0.29) is 35.7 Å². The number of rotatable bonds is 6. The highest BCUT2D eigenvalue weighted by Crippen LogP contribution is 2.57. The summed E-state index contributed by atoms with van der Waals surface area (Å²) in [5.41, 5.74) is 1.56. The fourth-order valence-corrected chi connectivity index (χ4v) is 5.44. The molecule has 1 saturated carbocycles. The van der Waals surface area contributed by atoms with Crippen LogP contribution >= 0.6 is 0 Å². The van der Waals surface area contributed by atoms with Crippen LogP contribution in [0.2, 0.25) is 0 Å². The van der Waals surface area contributed by atoms with Gasteiger partial charge in [-0.2, -0.15) is 0 Å². The molecule has 2 aliphatic carbocycles. The number of hydrogen-bond donors (Lipinski definition) is 0. The summed E-state index contributed by atoms with van der Waals surface area (Å²) in [5, 5.41) is 0. The van der Waals surface area contributed by atoms with Gasteiger partial charge in [-0.25, -0.2) is 0 Å². The second-order valence-electron chi connectivity index (χ2n) is 8.81. The van der Waals surface area contributed by atoms with Crippen LogP contribution in [0.3, 0.4) is 0 Å². The molecule has 0 saturated heterocycles. The zero-order chi connectivity index (χ0) is 19.6. The molecule has 152 valence electrons. The van der Waals surface area contributed by atoms with E-state index in [0.717, 1.165) is 57.8 Å². The van der Waals surface area contributed by atoms with E-state index >= 15 is 0 Å². The standard InChI is InChI=1S/C22H34O5/c1-14(25-15(2)23)6-5-7-17-8-9-18-19-10-11-21(26-16(3)24)22(19,4)13-12-20(18)27-17/h14,17,19,21H,5-13H2,1-4H3. The summed E-state index contributed by atoms with van der Waals surface area (Å²) < 4.78 is 17.2. The Morgan fingerprint density at radius 3 is 2.67 bits per heavy atom. The van der Waals surface area contributed by atoms with Crippen LogP contribution in [-0.4, -0.2) is 30.3 Å². The number of ether oxygens (including phenoxy) is 3. The SMILES string of the molecule is CC(=O)OC(C)CCCC1CCC2=C(CCC3(C)C(OC(C)=O)CCC23)O1. The topological polar surface area (TPSA) is 61.8 Å². The molecule has 5 atom stereocenters. The third-order valence-corrected chi connectivity index (χ3v) is 6.78. The van der Waals surface area contributed by atoms with Gasteiger partial charge in [0.25, 0.3) is 0 Å². The van der Waals surface area contributed by atoms with E-state index in [2.05, 4.69) is 6.92 Å². The zero-order valence-corrected chi connectivity index (χ0v) is 17.2. The van der Waals surface area contributed by atoms with Gasteiger partial charge in [0.15, 0.2) is 0 Å². The third-order valence-electron chi connectivity index (χ3n) is 6.78. The van der Waals surface area contributed by atoms with Crippen LogP contribution < -0.4 is 0 Å². The molecule has 0 radical (unpaired) electrons. The largest absolute Gasteiger partial charge is 0.495 e. The molecule has 3 aliphatic rings. The van der Waals surface area contributed by atoms with E-state index in [0.29, 0.717) is 5.92 Å². The molecular formula is C22H34O5. The van der Waals surface area contributed by atoms with Crippen LogP contribution in [0.5, 0.6) is 0 Å². The average Bonchev–Trinajstić information content (AvgIpc) is 2.90. The maximum atomic E-state index is 11.5. The normalized spacial score (nSPS) is 33.6. The number of hydrogen-bond acceptors (Lipinski definition) is 5. The Bertz CT molecular complexity index is 610. The first-order chi connectivity index (χ1) is 12.8. The maximum Gasteiger partial charge on any atom is 0.302 e. The van der Waals surface area contributed by atoms with Gasteiger partial charge in [-0.15, -0.1) is 0 Å². The van der Waals surface area contributed by atoms with Gasteiger partial charge in [-0.05, 0) is 69.8 Å². The van der Waals surface area contributed by atoms with Crippen molar-refractivity contribution in [1.29, 1.82) is 0 Å². The second-order valence-corrected chi connectivity index (χ2v) is 8.81. The fourth-order valence-electron chi connectivity index (χ4n) is 5.44. The fraction of sp³-hybridized carbons (Fsp3) is 0.818. The van der Waals surface area contributed by atoms with Gasteiger partial charge < -0.3 is 14.2 Å². The van der Waals surface area contributed by atoms with Gasteiger partial charge in [0.1, 0.15) is 6.10 Å². The lowest BCUT2D eigenvalue weighted by Crippen LogP contribution is -2.40. The highest BCUT2D eigenvalue weighted by atomic mass is 16.5. The van der Waals surface area contributed by atoms with Crippen molar-refractivity contribution in [2.45, 2.75) is 104 Å².